The summed E-state index contributed by atoms with van der Waals surface area (Å²) in [6.07, 6.45) is 13.4. The molecule has 1 heterocycles. The van der Waals surface area contributed by atoms with Crippen LogP contribution < -0.4 is 5.73 Å². The Morgan fingerprint density at radius 3 is 2.67 bits per heavy atom. The van der Waals surface area contributed by atoms with Crippen molar-refractivity contribution < 1.29 is 0 Å². The van der Waals surface area contributed by atoms with Gasteiger partial charge in [0.25, 0.3) is 0 Å². The highest BCUT2D eigenvalue weighted by Gasteiger charge is 2.37. The second-order valence-corrected chi connectivity index (χ2v) is 6.75. The normalized spacial score (nSPS) is 26.4. The van der Waals surface area contributed by atoms with E-state index in [1.807, 2.05) is 18.7 Å². The van der Waals surface area contributed by atoms with E-state index in [4.69, 9.17) is 5.73 Å². The molecule has 0 aromatic carbocycles. The summed E-state index contributed by atoms with van der Waals surface area (Å²) in [7, 11) is 0. The Morgan fingerprint density at radius 1 is 1.33 bits per heavy atom. The molecule has 21 heavy (non-hydrogen) atoms. The Hall–Kier alpha value is -0.870. The van der Waals surface area contributed by atoms with Crippen LogP contribution in [0.2, 0.25) is 0 Å². The Balaban J connectivity index is 1.92. The second kappa shape index (κ2) is 7.95. The first-order valence-electron chi connectivity index (χ1n) is 8.61. The Labute approximate surface area is 129 Å². The largest absolute Gasteiger partial charge is 0.337 e. The first-order chi connectivity index (χ1) is 10.2. The van der Waals surface area contributed by atoms with Gasteiger partial charge >= 0.3 is 0 Å². The van der Waals surface area contributed by atoms with Gasteiger partial charge in [0.2, 0.25) is 0 Å². The third-order valence-electron chi connectivity index (χ3n) is 5.15. The molecule has 1 aromatic rings. The number of aryl methyl sites for hydroxylation is 1. The zero-order valence-electron chi connectivity index (χ0n) is 13.8. The monoisotopic (exact) mass is 292 g/mol. The van der Waals surface area contributed by atoms with Crippen LogP contribution in [0.1, 0.15) is 52.4 Å². The number of hydrogen-bond donors (Lipinski definition) is 1. The minimum absolute atomic E-state index is 0.261. The van der Waals surface area contributed by atoms with Gasteiger partial charge in [-0.3, -0.25) is 4.90 Å². The molecule has 0 bridgehead atoms. The van der Waals surface area contributed by atoms with Crippen LogP contribution in [0.5, 0.6) is 0 Å². The van der Waals surface area contributed by atoms with Crippen LogP contribution in [0.3, 0.4) is 0 Å². The van der Waals surface area contributed by atoms with Gasteiger partial charge < -0.3 is 10.3 Å². The number of nitrogens with zero attached hydrogens (tertiary/aromatic N) is 3. The third-order valence-corrected chi connectivity index (χ3v) is 5.15. The highest BCUT2D eigenvalue weighted by Crippen LogP contribution is 2.36. The number of rotatable bonds is 8. The fourth-order valence-electron chi connectivity index (χ4n) is 3.67. The second-order valence-electron chi connectivity index (χ2n) is 6.75. The molecule has 1 fully saturated rings. The van der Waals surface area contributed by atoms with Crippen molar-refractivity contribution in [1.29, 1.82) is 0 Å². The molecule has 2 N–H and O–H groups in total. The first-order valence-corrected chi connectivity index (χ1v) is 8.61. The van der Waals surface area contributed by atoms with Gasteiger partial charge in [-0.2, -0.15) is 0 Å². The molecule has 1 aliphatic rings. The van der Waals surface area contributed by atoms with Crippen molar-refractivity contribution in [3.8, 4) is 0 Å². The first kappa shape index (κ1) is 16.5. The van der Waals surface area contributed by atoms with Crippen molar-refractivity contribution >= 4 is 0 Å². The van der Waals surface area contributed by atoms with Gasteiger partial charge in [-0.15, -0.1) is 0 Å². The number of imidazole rings is 1. The lowest BCUT2D eigenvalue weighted by Crippen LogP contribution is -2.56. The molecule has 0 spiro atoms. The van der Waals surface area contributed by atoms with Crippen LogP contribution in [-0.4, -0.2) is 39.6 Å². The van der Waals surface area contributed by atoms with Crippen LogP contribution in [-0.2, 0) is 6.54 Å². The van der Waals surface area contributed by atoms with E-state index in [9.17, 15) is 0 Å². The minimum atomic E-state index is 0.261. The molecule has 1 saturated carbocycles. The molecule has 0 aliphatic heterocycles. The minimum Gasteiger partial charge on any atom is -0.337 e. The SMILES string of the molecule is CCCN(CCCn1ccnc1)C1(CN)CCC(C)CC1. The number of nitrogens with two attached hydrogens (primary N) is 1. The van der Waals surface area contributed by atoms with Gasteiger partial charge in [0.15, 0.2) is 0 Å². The molecule has 120 valence electrons. The molecule has 1 aliphatic carbocycles. The molecular weight excluding hydrogens is 260 g/mol. The lowest BCUT2D eigenvalue weighted by Gasteiger charge is -2.47. The van der Waals surface area contributed by atoms with E-state index in [2.05, 4.69) is 28.3 Å². The van der Waals surface area contributed by atoms with Crippen molar-refractivity contribution in [2.45, 2.75) is 64.5 Å². The maximum atomic E-state index is 6.22. The molecule has 4 nitrogen and oxygen atoms in total. The summed E-state index contributed by atoms with van der Waals surface area (Å²) in [6, 6.07) is 0. The van der Waals surface area contributed by atoms with Crippen LogP contribution in [0.15, 0.2) is 18.7 Å². The molecule has 4 heteroatoms. The van der Waals surface area contributed by atoms with E-state index < -0.39 is 0 Å². The number of hydrogen-bond acceptors (Lipinski definition) is 3. The fourth-order valence-corrected chi connectivity index (χ4v) is 3.67. The third kappa shape index (κ3) is 4.30. The van der Waals surface area contributed by atoms with Crippen LogP contribution in [0.4, 0.5) is 0 Å². The lowest BCUT2D eigenvalue weighted by molar-refractivity contribution is 0.0425. The van der Waals surface area contributed by atoms with E-state index >= 15 is 0 Å². The highest BCUT2D eigenvalue weighted by atomic mass is 15.2. The molecule has 0 radical (unpaired) electrons. The zero-order valence-corrected chi connectivity index (χ0v) is 13.8. The van der Waals surface area contributed by atoms with Gasteiger partial charge in [-0.25, -0.2) is 4.98 Å². The van der Waals surface area contributed by atoms with Crippen molar-refractivity contribution in [1.82, 2.24) is 14.5 Å². The molecule has 1 aromatic heterocycles. The molecular formula is C17H32N4. The van der Waals surface area contributed by atoms with Crippen LogP contribution in [0, 0.1) is 5.92 Å². The maximum absolute atomic E-state index is 6.22. The predicted molar refractivity (Wildman–Crippen MR) is 88.1 cm³/mol. The van der Waals surface area contributed by atoms with Crippen molar-refractivity contribution in [2.24, 2.45) is 11.7 Å². The summed E-state index contributed by atoms with van der Waals surface area (Å²) in [5.41, 5.74) is 6.49. The molecule has 0 amide bonds. The topological polar surface area (TPSA) is 47.1 Å². The maximum Gasteiger partial charge on any atom is 0.0945 e. The Bertz CT molecular complexity index is 380. The summed E-state index contributed by atoms with van der Waals surface area (Å²) >= 11 is 0. The van der Waals surface area contributed by atoms with Crippen LogP contribution in [0.25, 0.3) is 0 Å². The van der Waals surface area contributed by atoms with Gasteiger partial charge in [-0.1, -0.05) is 13.8 Å². The molecule has 0 atom stereocenters. The summed E-state index contributed by atoms with van der Waals surface area (Å²) in [6.45, 7) is 8.84. The van der Waals surface area contributed by atoms with E-state index in [0.717, 1.165) is 25.6 Å². The zero-order chi connectivity index (χ0) is 15.1. The van der Waals surface area contributed by atoms with Gasteiger partial charge in [0.1, 0.15) is 0 Å². The van der Waals surface area contributed by atoms with Crippen molar-refractivity contribution in [3.05, 3.63) is 18.7 Å². The van der Waals surface area contributed by atoms with E-state index in [1.54, 1.807) is 0 Å². The molecule has 0 unspecified atom stereocenters. The smallest absolute Gasteiger partial charge is 0.0945 e. The molecule has 0 saturated heterocycles. The fraction of sp³-hybridized carbons (Fsp3) is 0.824. The van der Waals surface area contributed by atoms with Gasteiger partial charge in [0, 0.05) is 37.6 Å². The number of aromatic nitrogens is 2. The summed E-state index contributed by atoms with van der Waals surface area (Å²) in [4.78, 5) is 6.80. The highest BCUT2D eigenvalue weighted by molar-refractivity contribution is 4.95. The quantitative estimate of drug-likeness (QED) is 0.801. The predicted octanol–water partition coefficient (Wildman–Crippen LogP) is 2.89. The summed E-state index contributed by atoms with van der Waals surface area (Å²) < 4.78 is 2.17. The van der Waals surface area contributed by atoms with Crippen LogP contribution >= 0.6 is 0 Å². The van der Waals surface area contributed by atoms with Gasteiger partial charge in [-0.05, 0) is 51.0 Å². The van der Waals surface area contributed by atoms with E-state index in [1.165, 1.54) is 45.1 Å². The lowest BCUT2D eigenvalue weighted by atomic mass is 9.76. The summed E-state index contributed by atoms with van der Waals surface area (Å²) in [5, 5.41) is 0. The average molecular weight is 292 g/mol. The average Bonchev–Trinajstić information content (AvgIpc) is 3.01. The van der Waals surface area contributed by atoms with E-state index in [0.29, 0.717) is 0 Å². The van der Waals surface area contributed by atoms with E-state index in [-0.39, 0.29) is 5.54 Å². The standard InChI is InChI=1S/C17H32N4/c1-3-10-21(12-4-11-20-13-9-19-15-20)17(14-18)7-5-16(2)6-8-17/h9,13,15-16H,3-8,10-12,14,18H2,1-2H3. The van der Waals surface area contributed by atoms with Gasteiger partial charge in [0.05, 0.1) is 6.33 Å². The summed E-state index contributed by atoms with van der Waals surface area (Å²) in [5.74, 6) is 0.874. The van der Waals surface area contributed by atoms with Crippen molar-refractivity contribution in [2.75, 3.05) is 19.6 Å². The Kier molecular flexibility index (Phi) is 6.24. The Morgan fingerprint density at radius 2 is 2.10 bits per heavy atom. The molecule has 2 rings (SSSR count). The van der Waals surface area contributed by atoms with Crippen molar-refractivity contribution in [3.63, 3.8) is 0 Å².